The van der Waals surface area contributed by atoms with Crippen molar-refractivity contribution in [2.75, 3.05) is 25.9 Å². The Kier molecular flexibility index (Phi) is 3.85. The van der Waals surface area contributed by atoms with Crippen molar-refractivity contribution in [3.8, 4) is 0 Å². The third-order valence-electron chi connectivity index (χ3n) is 4.08. The minimum Gasteiger partial charge on any atom is -0.398 e. The topological polar surface area (TPSA) is 51.4 Å². The summed E-state index contributed by atoms with van der Waals surface area (Å²) in [5.74, 6) is 0. The van der Waals surface area contributed by atoms with Gasteiger partial charge in [-0.1, -0.05) is 6.07 Å². The van der Waals surface area contributed by atoms with Gasteiger partial charge in [-0.25, -0.2) is 0 Å². The highest BCUT2D eigenvalue weighted by Crippen LogP contribution is 2.24. The van der Waals surface area contributed by atoms with Crippen molar-refractivity contribution in [3.05, 3.63) is 36.0 Å². The number of hydrogen-bond donors (Lipinski definition) is 1. The first-order valence-electron chi connectivity index (χ1n) is 7.15. The second-order valence-corrected chi connectivity index (χ2v) is 5.45. The first kappa shape index (κ1) is 13.3. The third kappa shape index (κ3) is 2.62. The number of piperidine rings is 1. The van der Waals surface area contributed by atoms with E-state index in [1.165, 1.54) is 12.0 Å². The number of benzene rings is 1. The summed E-state index contributed by atoms with van der Waals surface area (Å²) in [5.41, 5.74) is 9.09. The molecular formula is C16H21N3O. The van der Waals surface area contributed by atoms with E-state index in [1.54, 1.807) is 7.11 Å². The van der Waals surface area contributed by atoms with E-state index in [9.17, 15) is 0 Å². The van der Waals surface area contributed by atoms with E-state index < -0.39 is 0 Å². The molecular weight excluding hydrogens is 250 g/mol. The summed E-state index contributed by atoms with van der Waals surface area (Å²) in [5, 5.41) is 1.05. The smallest absolute Gasteiger partial charge is 0.0767 e. The van der Waals surface area contributed by atoms with Crippen LogP contribution in [-0.4, -0.2) is 36.2 Å². The number of aromatic nitrogens is 1. The van der Waals surface area contributed by atoms with E-state index in [-0.39, 0.29) is 0 Å². The molecule has 0 bridgehead atoms. The number of anilines is 1. The first-order valence-corrected chi connectivity index (χ1v) is 7.15. The normalized spacial score (nSPS) is 20.4. The minimum atomic E-state index is 0.358. The van der Waals surface area contributed by atoms with Crippen molar-refractivity contribution in [2.45, 2.75) is 25.5 Å². The minimum absolute atomic E-state index is 0.358. The van der Waals surface area contributed by atoms with Crippen LogP contribution >= 0.6 is 0 Å². The molecule has 20 heavy (non-hydrogen) atoms. The van der Waals surface area contributed by atoms with Crippen LogP contribution < -0.4 is 5.73 Å². The SMILES string of the molecule is COC1CCCN(Cc2ccc(N)c3cccnc23)C1. The molecule has 4 heteroatoms. The van der Waals surface area contributed by atoms with Gasteiger partial charge in [-0.05, 0) is 43.1 Å². The van der Waals surface area contributed by atoms with Gasteiger partial charge in [0.05, 0.1) is 11.6 Å². The summed E-state index contributed by atoms with van der Waals surface area (Å²) >= 11 is 0. The molecule has 1 saturated heterocycles. The number of methoxy groups -OCH3 is 1. The van der Waals surface area contributed by atoms with Crippen LogP contribution in [0.4, 0.5) is 5.69 Å². The van der Waals surface area contributed by atoms with Crippen molar-refractivity contribution in [1.82, 2.24) is 9.88 Å². The molecule has 2 aromatic rings. The number of likely N-dealkylation sites (tertiary alicyclic amines) is 1. The molecule has 1 unspecified atom stereocenters. The number of ether oxygens (including phenoxy) is 1. The Balaban J connectivity index is 1.86. The zero-order valence-electron chi connectivity index (χ0n) is 11.9. The Morgan fingerprint density at radius 2 is 2.30 bits per heavy atom. The van der Waals surface area contributed by atoms with Crippen molar-refractivity contribution in [3.63, 3.8) is 0 Å². The molecule has 1 fully saturated rings. The maximum atomic E-state index is 6.03. The van der Waals surface area contributed by atoms with Gasteiger partial charge in [-0.3, -0.25) is 9.88 Å². The maximum absolute atomic E-state index is 6.03. The van der Waals surface area contributed by atoms with Crippen molar-refractivity contribution in [2.24, 2.45) is 0 Å². The van der Waals surface area contributed by atoms with Crippen molar-refractivity contribution in [1.29, 1.82) is 0 Å². The van der Waals surface area contributed by atoms with Gasteiger partial charge in [0.2, 0.25) is 0 Å². The van der Waals surface area contributed by atoms with Crippen molar-refractivity contribution < 1.29 is 4.74 Å². The number of pyridine rings is 1. The van der Waals surface area contributed by atoms with E-state index in [4.69, 9.17) is 10.5 Å². The van der Waals surface area contributed by atoms with E-state index in [0.717, 1.165) is 42.6 Å². The van der Waals surface area contributed by atoms with Crippen LogP contribution in [0.25, 0.3) is 10.9 Å². The molecule has 0 aliphatic carbocycles. The van der Waals surface area contributed by atoms with Crippen LogP contribution in [0.5, 0.6) is 0 Å². The number of rotatable bonds is 3. The molecule has 0 radical (unpaired) electrons. The zero-order chi connectivity index (χ0) is 13.9. The Hall–Kier alpha value is -1.65. The lowest BCUT2D eigenvalue weighted by molar-refractivity contribution is 0.0287. The predicted octanol–water partition coefficient (Wildman–Crippen LogP) is 2.43. The number of fused-ring (bicyclic) bond motifs is 1. The molecule has 1 atom stereocenters. The third-order valence-corrected chi connectivity index (χ3v) is 4.08. The molecule has 1 aliphatic heterocycles. The highest BCUT2D eigenvalue weighted by Gasteiger charge is 2.20. The van der Waals surface area contributed by atoms with Gasteiger partial charge in [-0.2, -0.15) is 0 Å². The first-order chi connectivity index (χ1) is 9.78. The molecule has 1 aromatic heterocycles. The van der Waals surface area contributed by atoms with Gasteiger partial charge in [0.25, 0.3) is 0 Å². The highest BCUT2D eigenvalue weighted by molar-refractivity contribution is 5.92. The molecule has 2 N–H and O–H groups in total. The lowest BCUT2D eigenvalue weighted by Crippen LogP contribution is -2.38. The Labute approximate surface area is 119 Å². The fraction of sp³-hybridized carbons (Fsp3) is 0.438. The fourth-order valence-corrected chi connectivity index (χ4v) is 2.97. The van der Waals surface area contributed by atoms with Gasteiger partial charge in [0, 0.05) is 37.5 Å². The monoisotopic (exact) mass is 271 g/mol. The number of hydrogen-bond acceptors (Lipinski definition) is 4. The number of nitrogens with zero attached hydrogens (tertiary/aromatic N) is 2. The van der Waals surface area contributed by atoms with E-state index in [1.807, 2.05) is 24.4 Å². The average Bonchev–Trinajstić information content (AvgIpc) is 2.51. The van der Waals surface area contributed by atoms with Crippen LogP contribution in [-0.2, 0) is 11.3 Å². The Morgan fingerprint density at radius 1 is 1.40 bits per heavy atom. The van der Waals surface area contributed by atoms with Gasteiger partial charge in [0.15, 0.2) is 0 Å². The molecule has 2 heterocycles. The van der Waals surface area contributed by atoms with Gasteiger partial charge >= 0.3 is 0 Å². The Morgan fingerprint density at radius 3 is 3.15 bits per heavy atom. The molecule has 1 aromatic carbocycles. The predicted molar refractivity (Wildman–Crippen MR) is 81.5 cm³/mol. The van der Waals surface area contributed by atoms with E-state index in [2.05, 4.69) is 16.0 Å². The lowest BCUT2D eigenvalue weighted by Gasteiger charge is -2.32. The second-order valence-electron chi connectivity index (χ2n) is 5.45. The standard InChI is InChI=1S/C16H21N3O/c1-20-13-4-3-9-19(11-13)10-12-6-7-15(17)14-5-2-8-18-16(12)14/h2,5-8,13H,3-4,9-11,17H2,1H3. The zero-order valence-corrected chi connectivity index (χ0v) is 11.9. The molecule has 0 amide bonds. The number of nitrogen functional groups attached to an aromatic ring is 1. The average molecular weight is 271 g/mol. The summed E-state index contributed by atoms with van der Waals surface area (Å²) < 4.78 is 5.49. The molecule has 4 nitrogen and oxygen atoms in total. The van der Waals surface area contributed by atoms with Gasteiger partial charge in [0.1, 0.15) is 0 Å². The quantitative estimate of drug-likeness (QED) is 0.871. The molecule has 0 spiro atoms. The van der Waals surface area contributed by atoms with Crippen LogP contribution in [0.3, 0.4) is 0 Å². The van der Waals surface area contributed by atoms with E-state index in [0.29, 0.717) is 6.10 Å². The van der Waals surface area contributed by atoms with Crippen LogP contribution in [0.2, 0.25) is 0 Å². The maximum Gasteiger partial charge on any atom is 0.0767 e. The number of nitrogens with two attached hydrogens (primary N) is 1. The van der Waals surface area contributed by atoms with Gasteiger partial charge in [-0.15, -0.1) is 0 Å². The summed E-state index contributed by atoms with van der Waals surface area (Å²) in [6.45, 7) is 3.03. The van der Waals surface area contributed by atoms with Gasteiger partial charge < -0.3 is 10.5 Å². The van der Waals surface area contributed by atoms with Crippen LogP contribution in [0, 0.1) is 0 Å². The summed E-state index contributed by atoms with van der Waals surface area (Å²) in [6, 6.07) is 8.05. The summed E-state index contributed by atoms with van der Waals surface area (Å²) in [4.78, 5) is 6.95. The molecule has 106 valence electrons. The highest BCUT2D eigenvalue weighted by atomic mass is 16.5. The van der Waals surface area contributed by atoms with Crippen molar-refractivity contribution >= 4 is 16.6 Å². The molecule has 0 saturated carbocycles. The van der Waals surface area contributed by atoms with E-state index >= 15 is 0 Å². The van der Waals surface area contributed by atoms with Crippen LogP contribution in [0.15, 0.2) is 30.5 Å². The summed E-state index contributed by atoms with van der Waals surface area (Å²) in [7, 11) is 1.80. The molecule has 3 rings (SSSR count). The molecule has 1 aliphatic rings. The van der Waals surface area contributed by atoms with Crippen LogP contribution in [0.1, 0.15) is 18.4 Å². The Bertz CT molecular complexity index is 599. The lowest BCUT2D eigenvalue weighted by atomic mass is 10.0. The summed E-state index contributed by atoms with van der Waals surface area (Å²) in [6.07, 6.45) is 4.54. The fourth-order valence-electron chi connectivity index (χ4n) is 2.97. The second kappa shape index (κ2) is 5.77. The largest absolute Gasteiger partial charge is 0.398 e.